The fraction of sp³-hybridized carbons (Fsp3) is 0.583. The summed E-state index contributed by atoms with van der Waals surface area (Å²) in [6.07, 6.45) is 4.60. The Morgan fingerprint density at radius 1 is 1.40 bits per heavy atom. The molecule has 1 aliphatic rings. The topological polar surface area (TPSA) is 24.9 Å². The number of aromatic nitrogens is 1. The van der Waals surface area contributed by atoms with Gasteiger partial charge in [-0.1, -0.05) is 17.7 Å². The molecule has 82 valence electrons. The summed E-state index contributed by atoms with van der Waals surface area (Å²) >= 11 is 5.75. The molecule has 1 N–H and O–H groups in total. The van der Waals surface area contributed by atoms with Crippen molar-refractivity contribution in [2.45, 2.75) is 38.8 Å². The van der Waals surface area contributed by atoms with E-state index in [0.717, 1.165) is 5.92 Å². The molecule has 2 unspecified atom stereocenters. The lowest BCUT2D eigenvalue weighted by Gasteiger charge is -2.19. The predicted octanol–water partition coefficient (Wildman–Crippen LogP) is 3.18. The SMILES string of the molecule is CC(NC(C)C1CC1)c1ccc(Cl)nc1. The van der Waals surface area contributed by atoms with Gasteiger partial charge < -0.3 is 5.32 Å². The van der Waals surface area contributed by atoms with Gasteiger partial charge in [0.25, 0.3) is 0 Å². The summed E-state index contributed by atoms with van der Waals surface area (Å²) < 4.78 is 0. The molecule has 15 heavy (non-hydrogen) atoms. The van der Waals surface area contributed by atoms with Crippen LogP contribution in [0.25, 0.3) is 0 Å². The molecule has 0 saturated heterocycles. The number of nitrogens with one attached hydrogen (secondary N) is 1. The van der Waals surface area contributed by atoms with Crippen LogP contribution in [0.2, 0.25) is 5.15 Å². The van der Waals surface area contributed by atoms with Crippen molar-refractivity contribution in [3.05, 3.63) is 29.0 Å². The van der Waals surface area contributed by atoms with Crippen molar-refractivity contribution >= 4 is 11.6 Å². The minimum Gasteiger partial charge on any atom is -0.307 e. The molecule has 1 saturated carbocycles. The zero-order valence-corrected chi connectivity index (χ0v) is 9.96. The summed E-state index contributed by atoms with van der Waals surface area (Å²) in [6.45, 7) is 4.43. The van der Waals surface area contributed by atoms with Crippen LogP contribution in [0.15, 0.2) is 18.3 Å². The first kappa shape index (κ1) is 10.9. The molecule has 0 radical (unpaired) electrons. The number of halogens is 1. The number of rotatable bonds is 4. The summed E-state index contributed by atoms with van der Waals surface area (Å²) in [5, 5.41) is 4.15. The second kappa shape index (κ2) is 4.50. The molecule has 2 atom stereocenters. The van der Waals surface area contributed by atoms with E-state index in [-0.39, 0.29) is 0 Å². The van der Waals surface area contributed by atoms with Crippen molar-refractivity contribution in [1.82, 2.24) is 10.3 Å². The fourth-order valence-electron chi connectivity index (χ4n) is 1.87. The van der Waals surface area contributed by atoms with Crippen molar-refractivity contribution in [2.75, 3.05) is 0 Å². The lowest BCUT2D eigenvalue weighted by Crippen LogP contribution is -2.30. The molecule has 3 heteroatoms. The smallest absolute Gasteiger partial charge is 0.129 e. The second-order valence-corrected chi connectivity index (χ2v) is 4.82. The zero-order valence-electron chi connectivity index (χ0n) is 9.20. The van der Waals surface area contributed by atoms with E-state index >= 15 is 0 Å². The highest BCUT2D eigenvalue weighted by Crippen LogP contribution is 2.33. The summed E-state index contributed by atoms with van der Waals surface area (Å²) in [7, 11) is 0. The molecule has 2 rings (SSSR count). The third-order valence-corrected chi connectivity index (χ3v) is 3.32. The molecule has 0 bridgehead atoms. The van der Waals surface area contributed by atoms with E-state index in [1.165, 1.54) is 18.4 Å². The summed E-state index contributed by atoms with van der Waals surface area (Å²) in [4.78, 5) is 4.09. The lowest BCUT2D eigenvalue weighted by atomic mass is 10.1. The Hall–Kier alpha value is -0.600. The maximum atomic E-state index is 5.75. The molecule has 2 nitrogen and oxygen atoms in total. The quantitative estimate of drug-likeness (QED) is 0.795. The van der Waals surface area contributed by atoms with E-state index in [4.69, 9.17) is 11.6 Å². The third kappa shape index (κ3) is 2.93. The monoisotopic (exact) mass is 224 g/mol. The van der Waals surface area contributed by atoms with Crippen LogP contribution in [-0.4, -0.2) is 11.0 Å². The van der Waals surface area contributed by atoms with Crippen LogP contribution in [0.5, 0.6) is 0 Å². The molecule has 1 aromatic heterocycles. The van der Waals surface area contributed by atoms with Crippen LogP contribution < -0.4 is 5.32 Å². The summed E-state index contributed by atoms with van der Waals surface area (Å²) in [5.41, 5.74) is 1.20. The number of nitrogens with zero attached hydrogens (tertiary/aromatic N) is 1. The highest BCUT2D eigenvalue weighted by molar-refractivity contribution is 6.29. The minimum absolute atomic E-state index is 0.352. The molecule has 0 amide bonds. The van der Waals surface area contributed by atoms with E-state index in [0.29, 0.717) is 17.2 Å². The van der Waals surface area contributed by atoms with Crippen molar-refractivity contribution in [3.8, 4) is 0 Å². The molecule has 0 aliphatic heterocycles. The Balaban J connectivity index is 1.94. The molecule has 1 aromatic rings. The van der Waals surface area contributed by atoms with Crippen LogP contribution in [0.3, 0.4) is 0 Å². The molecule has 1 heterocycles. The predicted molar refractivity (Wildman–Crippen MR) is 63.0 cm³/mol. The second-order valence-electron chi connectivity index (χ2n) is 4.43. The van der Waals surface area contributed by atoms with Crippen molar-refractivity contribution in [2.24, 2.45) is 5.92 Å². The lowest BCUT2D eigenvalue weighted by molar-refractivity contribution is 0.441. The van der Waals surface area contributed by atoms with Gasteiger partial charge in [-0.05, 0) is 44.2 Å². The van der Waals surface area contributed by atoms with Gasteiger partial charge in [0.05, 0.1) is 0 Å². The Kier molecular flexibility index (Phi) is 3.27. The fourth-order valence-corrected chi connectivity index (χ4v) is 1.98. The number of hydrogen-bond donors (Lipinski definition) is 1. The first-order valence-corrected chi connectivity index (χ1v) is 5.92. The largest absolute Gasteiger partial charge is 0.307 e. The molecule has 1 aliphatic carbocycles. The third-order valence-electron chi connectivity index (χ3n) is 3.09. The normalized spacial score (nSPS) is 19.9. The Morgan fingerprint density at radius 3 is 2.67 bits per heavy atom. The standard InChI is InChI=1S/C12H17ClN2/c1-8(10-3-4-10)15-9(2)11-5-6-12(13)14-7-11/h5-10,15H,3-4H2,1-2H3. The van der Waals surface area contributed by atoms with E-state index in [9.17, 15) is 0 Å². The maximum Gasteiger partial charge on any atom is 0.129 e. The first-order valence-electron chi connectivity index (χ1n) is 5.54. The van der Waals surface area contributed by atoms with Crippen molar-refractivity contribution < 1.29 is 0 Å². The van der Waals surface area contributed by atoms with Crippen molar-refractivity contribution in [3.63, 3.8) is 0 Å². The molecule has 0 spiro atoms. The summed E-state index contributed by atoms with van der Waals surface area (Å²) in [6, 6.07) is 4.84. The minimum atomic E-state index is 0.352. The van der Waals surface area contributed by atoms with Gasteiger partial charge in [-0.2, -0.15) is 0 Å². The van der Waals surface area contributed by atoms with Gasteiger partial charge in [-0.15, -0.1) is 0 Å². The van der Waals surface area contributed by atoms with E-state index in [2.05, 4.69) is 24.1 Å². The Labute approximate surface area is 96.1 Å². The van der Waals surface area contributed by atoms with Gasteiger partial charge in [0, 0.05) is 18.3 Å². The van der Waals surface area contributed by atoms with Crippen LogP contribution >= 0.6 is 11.6 Å². The van der Waals surface area contributed by atoms with Gasteiger partial charge in [-0.3, -0.25) is 0 Å². The molecule has 1 fully saturated rings. The van der Waals surface area contributed by atoms with Gasteiger partial charge in [0.1, 0.15) is 5.15 Å². The van der Waals surface area contributed by atoms with Gasteiger partial charge >= 0.3 is 0 Å². The molecular formula is C12H17ClN2. The first-order chi connectivity index (χ1) is 7.16. The Bertz CT molecular complexity index is 319. The number of pyridine rings is 1. The van der Waals surface area contributed by atoms with Gasteiger partial charge in [-0.25, -0.2) is 4.98 Å². The van der Waals surface area contributed by atoms with Crippen LogP contribution in [0.4, 0.5) is 0 Å². The van der Waals surface area contributed by atoms with Gasteiger partial charge in [0.15, 0.2) is 0 Å². The highest BCUT2D eigenvalue weighted by Gasteiger charge is 2.28. The van der Waals surface area contributed by atoms with Crippen LogP contribution in [0.1, 0.15) is 38.3 Å². The van der Waals surface area contributed by atoms with E-state index < -0.39 is 0 Å². The maximum absolute atomic E-state index is 5.75. The average molecular weight is 225 g/mol. The number of hydrogen-bond acceptors (Lipinski definition) is 2. The Morgan fingerprint density at radius 2 is 2.13 bits per heavy atom. The van der Waals surface area contributed by atoms with E-state index in [1.54, 1.807) is 0 Å². The summed E-state index contributed by atoms with van der Waals surface area (Å²) in [5.74, 6) is 0.882. The van der Waals surface area contributed by atoms with Crippen molar-refractivity contribution in [1.29, 1.82) is 0 Å². The zero-order chi connectivity index (χ0) is 10.8. The molecular weight excluding hydrogens is 208 g/mol. The average Bonchev–Trinajstić information content (AvgIpc) is 3.01. The molecule has 0 aromatic carbocycles. The van der Waals surface area contributed by atoms with Gasteiger partial charge in [0.2, 0.25) is 0 Å². The van der Waals surface area contributed by atoms with E-state index in [1.807, 2.05) is 18.3 Å². The van der Waals surface area contributed by atoms with Crippen LogP contribution in [-0.2, 0) is 0 Å². The van der Waals surface area contributed by atoms with Crippen LogP contribution in [0, 0.1) is 5.92 Å². The highest BCUT2D eigenvalue weighted by atomic mass is 35.5.